The van der Waals surface area contributed by atoms with E-state index in [9.17, 15) is 24.3 Å². The zero-order valence-electron chi connectivity index (χ0n) is 23.0. The van der Waals surface area contributed by atoms with Gasteiger partial charge in [0, 0.05) is 49.7 Å². The minimum absolute atomic E-state index is 0.342. The van der Waals surface area contributed by atoms with E-state index in [1.54, 1.807) is 10.8 Å². The first-order chi connectivity index (χ1) is 19.4. The Morgan fingerprint density at radius 3 is 2.17 bits per heavy atom. The van der Waals surface area contributed by atoms with E-state index >= 15 is 0 Å². The smallest absolute Gasteiger partial charge is 0.303 e. The Kier molecular flexibility index (Phi) is 9.52. The van der Waals surface area contributed by atoms with Crippen LogP contribution in [0.1, 0.15) is 56.0 Å². The average Bonchev–Trinajstić information content (AvgIpc) is 3.49. The number of nitrogens with zero attached hydrogens (tertiary/aromatic N) is 1. The number of hydrogen-bond acceptors (Lipinski definition) is 11. The van der Waals surface area contributed by atoms with Crippen LogP contribution < -0.4 is 0 Å². The summed E-state index contributed by atoms with van der Waals surface area (Å²) in [5, 5.41) is 12.2. The van der Waals surface area contributed by atoms with Crippen LogP contribution in [0.25, 0.3) is 10.9 Å². The minimum atomic E-state index is -1.32. The van der Waals surface area contributed by atoms with Gasteiger partial charge in [0.2, 0.25) is 0 Å². The molecule has 1 aliphatic heterocycles. The van der Waals surface area contributed by atoms with Gasteiger partial charge in [0.1, 0.15) is 18.8 Å². The number of aliphatic hydroxyl groups is 1. The lowest BCUT2D eigenvalue weighted by atomic mass is 9.97. The third kappa shape index (κ3) is 6.80. The van der Waals surface area contributed by atoms with Gasteiger partial charge in [-0.05, 0) is 46.6 Å². The van der Waals surface area contributed by atoms with Crippen molar-refractivity contribution in [3.8, 4) is 0 Å². The number of thiophene rings is 1. The highest BCUT2D eigenvalue weighted by Gasteiger charge is 2.53. The van der Waals surface area contributed by atoms with E-state index in [4.69, 9.17) is 23.7 Å². The van der Waals surface area contributed by atoms with Gasteiger partial charge in [-0.3, -0.25) is 19.2 Å². The molecule has 1 unspecified atom stereocenters. The lowest BCUT2D eigenvalue weighted by Gasteiger charge is -2.44. The Hall–Kier alpha value is -3.26. The van der Waals surface area contributed by atoms with Crippen molar-refractivity contribution in [2.24, 2.45) is 0 Å². The number of carbonyl (C=O) groups is 4. The van der Waals surface area contributed by atoms with Crippen LogP contribution in [0.15, 0.2) is 40.3 Å². The van der Waals surface area contributed by atoms with Gasteiger partial charge in [-0.1, -0.05) is 12.1 Å². The summed E-state index contributed by atoms with van der Waals surface area (Å²) in [4.78, 5) is 49.0. The van der Waals surface area contributed by atoms with E-state index in [1.165, 1.54) is 39.0 Å². The topological polar surface area (TPSA) is 140 Å². The number of ether oxygens (including phenoxy) is 5. The maximum Gasteiger partial charge on any atom is 0.303 e. The summed E-state index contributed by atoms with van der Waals surface area (Å²) in [5.74, 6) is -2.73. The maximum atomic E-state index is 12.3. The van der Waals surface area contributed by atoms with E-state index < -0.39 is 60.6 Å². The third-order valence-electron chi connectivity index (χ3n) is 6.49. The predicted molar refractivity (Wildman–Crippen MR) is 150 cm³/mol. The highest BCUT2D eigenvalue weighted by Crippen LogP contribution is 2.41. The molecule has 1 N–H and O–H groups in total. The lowest BCUT2D eigenvalue weighted by molar-refractivity contribution is -0.267. The van der Waals surface area contributed by atoms with Crippen LogP contribution in [0.4, 0.5) is 0 Å². The molecule has 0 aliphatic carbocycles. The first kappa shape index (κ1) is 30.7. The second kappa shape index (κ2) is 12.7. The second-order valence-electron chi connectivity index (χ2n) is 9.59. The van der Waals surface area contributed by atoms with Gasteiger partial charge in [0.05, 0.1) is 9.30 Å². The fourth-order valence-corrected chi connectivity index (χ4v) is 6.43. The van der Waals surface area contributed by atoms with Gasteiger partial charge < -0.3 is 33.4 Å². The van der Waals surface area contributed by atoms with E-state index in [1.807, 2.05) is 37.3 Å². The molecule has 0 saturated carbocycles. The number of carbonyl (C=O) groups excluding carboxylic acids is 4. The van der Waals surface area contributed by atoms with Crippen molar-refractivity contribution >= 4 is 62.0 Å². The van der Waals surface area contributed by atoms with Crippen LogP contribution >= 0.6 is 27.3 Å². The lowest BCUT2D eigenvalue weighted by Crippen LogP contribution is -2.60. The van der Waals surface area contributed by atoms with Crippen LogP contribution in [0.3, 0.4) is 0 Å². The molecule has 3 heterocycles. The van der Waals surface area contributed by atoms with Crippen LogP contribution in [0, 0.1) is 6.92 Å². The average molecular weight is 653 g/mol. The van der Waals surface area contributed by atoms with Crippen molar-refractivity contribution < 1.29 is 48.0 Å². The van der Waals surface area contributed by atoms with Crippen LogP contribution in [-0.2, 0) is 42.9 Å². The highest BCUT2D eigenvalue weighted by molar-refractivity contribution is 9.11. The first-order valence-electron chi connectivity index (χ1n) is 12.7. The molecule has 41 heavy (non-hydrogen) atoms. The predicted octanol–water partition coefficient (Wildman–Crippen LogP) is 4.11. The third-order valence-corrected chi connectivity index (χ3v) is 8.17. The summed E-state index contributed by atoms with van der Waals surface area (Å²) in [6, 6.07) is 9.21. The molecule has 1 aliphatic rings. The molecule has 11 nitrogen and oxygen atoms in total. The Labute approximate surface area is 248 Å². The number of benzene rings is 1. The van der Waals surface area contributed by atoms with E-state index in [-0.39, 0.29) is 6.61 Å². The molecule has 6 atom stereocenters. The van der Waals surface area contributed by atoms with E-state index in [0.29, 0.717) is 16.0 Å². The van der Waals surface area contributed by atoms with Gasteiger partial charge >= 0.3 is 23.9 Å². The van der Waals surface area contributed by atoms with Crippen LogP contribution in [0.5, 0.6) is 0 Å². The van der Waals surface area contributed by atoms with E-state index in [2.05, 4.69) is 15.9 Å². The van der Waals surface area contributed by atoms with E-state index in [0.717, 1.165) is 14.7 Å². The molecule has 220 valence electrons. The summed E-state index contributed by atoms with van der Waals surface area (Å²) in [7, 11) is 0. The summed E-state index contributed by atoms with van der Waals surface area (Å²) in [6.07, 6.45) is -5.43. The molecule has 0 spiro atoms. The Bertz CT molecular complexity index is 1470. The van der Waals surface area contributed by atoms with Crippen molar-refractivity contribution in [1.82, 2.24) is 4.57 Å². The zero-order valence-corrected chi connectivity index (χ0v) is 25.4. The SMILES string of the molecule is CC(=O)OC[C@H]1O[C@@H](n2cc(C(O)c3ccc(Br)s3)c3c(C)cccc32)[C@H](OC(C)=O)[C@@H](OC(C)=O)[C@@H]1OC(C)=O. The standard InChI is InChI=1S/C28H30BrNO10S/c1-13-7-6-8-19-23(13)18(24(35)21-9-10-22(29)41-21)11-30(19)28-27(39-17(5)34)26(38-16(4)33)25(37-15(3)32)20(40-28)12-36-14(2)31/h6-11,20,24-28,35H,12H2,1-5H3/t20-,24?,25-,26+,27-,28-/m1/s1. The number of fused-ring (bicyclic) bond motifs is 1. The number of rotatable bonds is 8. The molecule has 1 fully saturated rings. The first-order valence-corrected chi connectivity index (χ1v) is 14.3. The number of hydrogen-bond donors (Lipinski definition) is 1. The number of aliphatic hydroxyl groups excluding tert-OH is 1. The van der Waals surface area contributed by atoms with Gasteiger partial charge in [0.15, 0.2) is 24.5 Å². The second-order valence-corrected chi connectivity index (χ2v) is 12.1. The monoisotopic (exact) mass is 651 g/mol. The molecule has 1 saturated heterocycles. The van der Waals surface area contributed by atoms with Crippen molar-refractivity contribution in [1.29, 1.82) is 0 Å². The normalized spacial score (nSPS) is 23.0. The van der Waals surface area contributed by atoms with Crippen molar-refractivity contribution in [2.45, 2.75) is 71.4 Å². The fourth-order valence-electron chi connectivity index (χ4n) is 5.00. The Balaban J connectivity index is 1.91. The maximum absolute atomic E-state index is 12.3. The van der Waals surface area contributed by atoms with Crippen LogP contribution in [-0.4, -0.2) is 64.6 Å². The summed E-state index contributed by atoms with van der Waals surface area (Å²) >= 11 is 4.82. The van der Waals surface area contributed by atoms with Crippen LogP contribution in [0.2, 0.25) is 0 Å². The molecule has 3 aromatic rings. The zero-order chi connectivity index (χ0) is 30.0. The Morgan fingerprint density at radius 1 is 0.951 bits per heavy atom. The summed E-state index contributed by atoms with van der Waals surface area (Å²) in [5.41, 5.74) is 2.08. The van der Waals surface area contributed by atoms with Gasteiger partial charge in [-0.25, -0.2) is 0 Å². The minimum Gasteiger partial charge on any atom is -0.463 e. The molecule has 0 radical (unpaired) electrons. The van der Waals surface area contributed by atoms with Crippen molar-refractivity contribution in [3.05, 3.63) is 56.3 Å². The van der Waals surface area contributed by atoms with Gasteiger partial charge in [0.25, 0.3) is 0 Å². The number of aromatic nitrogens is 1. The van der Waals surface area contributed by atoms with Crippen molar-refractivity contribution in [2.75, 3.05) is 6.61 Å². The molecule has 2 aromatic heterocycles. The largest absolute Gasteiger partial charge is 0.463 e. The molecule has 1 aromatic carbocycles. The summed E-state index contributed by atoms with van der Waals surface area (Å²) < 4.78 is 30.8. The summed E-state index contributed by atoms with van der Waals surface area (Å²) in [6.45, 7) is 6.30. The number of halogens is 1. The quantitative estimate of drug-likeness (QED) is 0.279. The number of aryl methyl sites for hydroxylation is 1. The Morgan fingerprint density at radius 2 is 1.59 bits per heavy atom. The highest BCUT2D eigenvalue weighted by atomic mass is 79.9. The van der Waals surface area contributed by atoms with Gasteiger partial charge in [-0.2, -0.15) is 0 Å². The van der Waals surface area contributed by atoms with Crippen molar-refractivity contribution in [3.63, 3.8) is 0 Å². The molecular weight excluding hydrogens is 622 g/mol. The van der Waals surface area contributed by atoms with Gasteiger partial charge in [-0.15, -0.1) is 11.3 Å². The molecular formula is C28H30BrNO10S. The molecule has 13 heteroatoms. The molecule has 4 rings (SSSR count). The number of esters is 4. The molecule has 0 bridgehead atoms. The fraction of sp³-hybridized carbons (Fsp3) is 0.429. The molecule has 0 amide bonds.